The van der Waals surface area contributed by atoms with Gasteiger partial charge in [-0.1, -0.05) is 12.1 Å². The average molecular weight is 444 g/mol. The molecule has 0 aliphatic heterocycles. The van der Waals surface area contributed by atoms with Crippen molar-refractivity contribution in [3.05, 3.63) is 72.7 Å². The largest absolute Gasteiger partial charge is 0.494 e. The minimum atomic E-state index is 0.389. The molecule has 4 aromatic heterocycles. The number of ether oxygens (including phenoxy) is 1. The Labute approximate surface area is 188 Å². The van der Waals surface area contributed by atoms with Crippen LogP contribution in [-0.4, -0.2) is 36.6 Å². The van der Waals surface area contributed by atoms with Gasteiger partial charge in [-0.05, 0) is 42.0 Å². The third-order valence-corrected chi connectivity index (χ3v) is 5.33. The number of nitrogens with two attached hydrogens (primary N) is 1. The van der Waals surface area contributed by atoms with Gasteiger partial charge in [0.1, 0.15) is 17.0 Å². The number of nitrogens with zero attached hydrogens (tertiary/aromatic N) is 6. The molecule has 32 heavy (non-hydrogen) atoms. The van der Waals surface area contributed by atoms with Gasteiger partial charge in [-0.3, -0.25) is 4.57 Å². The zero-order valence-electron chi connectivity index (χ0n) is 17.1. The van der Waals surface area contributed by atoms with Crippen LogP contribution in [0.5, 0.6) is 5.75 Å². The number of nitrogen functional groups attached to an aromatic ring is 1. The zero-order valence-corrected chi connectivity index (χ0v) is 17.9. The molecule has 0 radical (unpaired) electrons. The van der Waals surface area contributed by atoms with Crippen LogP contribution in [0.15, 0.2) is 67.1 Å². The van der Waals surface area contributed by atoms with Crippen molar-refractivity contribution < 1.29 is 4.74 Å². The van der Waals surface area contributed by atoms with Gasteiger partial charge in [0.15, 0.2) is 23.0 Å². The van der Waals surface area contributed by atoms with Gasteiger partial charge in [-0.2, -0.15) is 0 Å². The molecule has 0 aliphatic rings. The molecule has 0 bridgehead atoms. The van der Waals surface area contributed by atoms with Gasteiger partial charge in [0, 0.05) is 17.8 Å². The maximum atomic E-state index is 6.18. The Kier molecular flexibility index (Phi) is 5.12. The van der Waals surface area contributed by atoms with Crippen molar-refractivity contribution in [2.75, 3.05) is 12.8 Å². The Bertz CT molecular complexity index is 1400. The van der Waals surface area contributed by atoms with Gasteiger partial charge in [0.2, 0.25) is 0 Å². The zero-order chi connectivity index (χ0) is 22.1. The summed E-state index contributed by atoms with van der Waals surface area (Å²) in [7, 11) is 1.57. The van der Waals surface area contributed by atoms with Crippen molar-refractivity contribution >= 4 is 28.6 Å². The highest BCUT2D eigenvalue weighted by Crippen LogP contribution is 2.31. The molecule has 5 rings (SSSR count). The number of rotatable bonds is 5. The molecule has 0 fully saturated rings. The first-order valence-corrected chi connectivity index (χ1v) is 10.3. The summed E-state index contributed by atoms with van der Waals surface area (Å²) >= 11 is 5.98. The molecular weight excluding hydrogens is 426 g/mol. The van der Waals surface area contributed by atoms with E-state index in [-0.39, 0.29) is 0 Å². The first kappa shape index (κ1) is 19.9. The number of imidazole rings is 1. The summed E-state index contributed by atoms with van der Waals surface area (Å²) in [6.45, 7) is 0. The third-order valence-electron chi connectivity index (χ3n) is 5.03. The van der Waals surface area contributed by atoms with E-state index < -0.39 is 0 Å². The van der Waals surface area contributed by atoms with Crippen molar-refractivity contribution in [3.8, 4) is 34.3 Å². The molecule has 0 aliphatic carbocycles. The summed E-state index contributed by atoms with van der Waals surface area (Å²) < 4.78 is 7.10. The second kappa shape index (κ2) is 8.24. The Morgan fingerprint density at radius 3 is 2.44 bits per heavy atom. The van der Waals surface area contributed by atoms with E-state index in [0.29, 0.717) is 51.5 Å². The lowest BCUT2D eigenvalue weighted by molar-refractivity contribution is 0.411. The van der Waals surface area contributed by atoms with E-state index in [0.717, 1.165) is 11.3 Å². The van der Waals surface area contributed by atoms with Gasteiger partial charge < -0.3 is 10.5 Å². The average Bonchev–Trinajstić information content (AvgIpc) is 3.23. The van der Waals surface area contributed by atoms with E-state index in [1.165, 1.54) is 0 Å². The van der Waals surface area contributed by atoms with E-state index in [4.69, 9.17) is 32.0 Å². The van der Waals surface area contributed by atoms with Crippen LogP contribution in [0, 0.1) is 0 Å². The minimum absolute atomic E-state index is 0.389. The van der Waals surface area contributed by atoms with Gasteiger partial charge in [-0.25, -0.2) is 24.9 Å². The van der Waals surface area contributed by atoms with E-state index in [1.807, 2.05) is 53.1 Å². The van der Waals surface area contributed by atoms with Gasteiger partial charge >= 0.3 is 0 Å². The summed E-state index contributed by atoms with van der Waals surface area (Å²) in [5.74, 6) is 2.53. The fourth-order valence-electron chi connectivity index (χ4n) is 3.40. The number of alkyl halides is 1. The number of hydrogen-bond acceptors (Lipinski definition) is 7. The molecule has 0 unspecified atom stereocenters. The standard InChI is InChI=1S/C23H18ClN7O/c1-32-16-12-27-21(28-13-16)18-8-9-19-23(29-18)31(15-6-4-14(11-24)5-7-15)22(30-19)17-3-2-10-26-20(17)25/h2-10,12-13H,11H2,1H3,(H2,25,26). The molecular formula is C23H18ClN7O. The molecule has 1 aromatic carbocycles. The molecule has 158 valence electrons. The number of hydrogen-bond donors (Lipinski definition) is 1. The molecule has 9 heteroatoms. The molecule has 0 spiro atoms. The number of methoxy groups -OCH3 is 1. The molecule has 8 nitrogen and oxygen atoms in total. The third kappa shape index (κ3) is 3.50. The monoisotopic (exact) mass is 443 g/mol. The topological polar surface area (TPSA) is 105 Å². The van der Waals surface area contributed by atoms with Crippen molar-refractivity contribution in [1.29, 1.82) is 0 Å². The number of anilines is 1. The molecule has 0 saturated heterocycles. The molecule has 2 N–H and O–H groups in total. The Morgan fingerprint density at radius 1 is 0.969 bits per heavy atom. The number of aromatic nitrogens is 6. The number of halogens is 1. The number of benzene rings is 1. The Balaban J connectivity index is 1.74. The van der Waals surface area contributed by atoms with E-state index >= 15 is 0 Å². The van der Waals surface area contributed by atoms with Gasteiger partial charge in [0.05, 0.1) is 25.1 Å². The fraction of sp³-hybridized carbons (Fsp3) is 0.0870. The van der Waals surface area contributed by atoms with Crippen molar-refractivity contribution in [3.63, 3.8) is 0 Å². The highest BCUT2D eigenvalue weighted by Gasteiger charge is 2.19. The second-order valence-electron chi connectivity index (χ2n) is 6.99. The normalized spacial score (nSPS) is 11.1. The SMILES string of the molecule is COc1cnc(-c2ccc3nc(-c4cccnc4N)n(-c4ccc(CCl)cc4)c3n2)nc1. The summed E-state index contributed by atoms with van der Waals surface area (Å²) in [6, 6.07) is 15.4. The van der Waals surface area contributed by atoms with Crippen LogP contribution in [0.25, 0.3) is 39.8 Å². The van der Waals surface area contributed by atoms with E-state index in [2.05, 4.69) is 15.0 Å². The van der Waals surface area contributed by atoms with Crippen LogP contribution in [0.4, 0.5) is 5.82 Å². The molecule has 0 atom stereocenters. The summed E-state index contributed by atoms with van der Waals surface area (Å²) in [6.07, 6.45) is 4.87. The van der Waals surface area contributed by atoms with E-state index in [1.54, 1.807) is 25.7 Å². The van der Waals surface area contributed by atoms with Crippen LogP contribution in [0.3, 0.4) is 0 Å². The van der Waals surface area contributed by atoms with Crippen LogP contribution < -0.4 is 10.5 Å². The maximum absolute atomic E-state index is 6.18. The fourth-order valence-corrected chi connectivity index (χ4v) is 3.58. The lowest BCUT2D eigenvalue weighted by Crippen LogP contribution is -2.02. The number of pyridine rings is 2. The van der Waals surface area contributed by atoms with E-state index in [9.17, 15) is 0 Å². The van der Waals surface area contributed by atoms with Crippen LogP contribution >= 0.6 is 11.6 Å². The molecule has 0 amide bonds. The highest BCUT2D eigenvalue weighted by molar-refractivity contribution is 6.17. The molecule has 0 saturated carbocycles. The van der Waals surface area contributed by atoms with Crippen molar-refractivity contribution in [2.24, 2.45) is 0 Å². The summed E-state index contributed by atoms with van der Waals surface area (Å²) in [5.41, 5.74) is 10.8. The van der Waals surface area contributed by atoms with Crippen LogP contribution in [0.1, 0.15) is 5.56 Å². The lowest BCUT2D eigenvalue weighted by atomic mass is 10.2. The van der Waals surface area contributed by atoms with Crippen LogP contribution in [-0.2, 0) is 5.88 Å². The smallest absolute Gasteiger partial charge is 0.178 e. The minimum Gasteiger partial charge on any atom is -0.494 e. The Hall–Kier alpha value is -4.04. The maximum Gasteiger partial charge on any atom is 0.178 e. The quantitative estimate of drug-likeness (QED) is 0.404. The molecule has 5 aromatic rings. The molecule has 4 heterocycles. The van der Waals surface area contributed by atoms with Crippen molar-refractivity contribution in [1.82, 2.24) is 29.5 Å². The van der Waals surface area contributed by atoms with Gasteiger partial charge in [-0.15, -0.1) is 11.6 Å². The predicted molar refractivity (Wildman–Crippen MR) is 124 cm³/mol. The first-order chi connectivity index (χ1) is 15.7. The predicted octanol–water partition coefficient (Wildman–Crippen LogP) is 4.27. The number of fused-ring (bicyclic) bond motifs is 1. The van der Waals surface area contributed by atoms with Crippen LogP contribution in [0.2, 0.25) is 0 Å². The summed E-state index contributed by atoms with van der Waals surface area (Å²) in [4.78, 5) is 22.6. The van der Waals surface area contributed by atoms with Crippen molar-refractivity contribution in [2.45, 2.75) is 5.88 Å². The van der Waals surface area contributed by atoms with Gasteiger partial charge in [0.25, 0.3) is 0 Å². The Morgan fingerprint density at radius 2 is 1.75 bits per heavy atom. The second-order valence-corrected chi connectivity index (χ2v) is 7.26. The first-order valence-electron chi connectivity index (χ1n) is 9.80. The lowest BCUT2D eigenvalue weighted by Gasteiger charge is -2.11. The summed E-state index contributed by atoms with van der Waals surface area (Å²) in [5, 5.41) is 0. The highest BCUT2D eigenvalue weighted by atomic mass is 35.5.